The number of hydrogen-bond donors (Lipinski definition) is 1. The molecule has 0 aliphatic rings. The Hall–Kier alpha value is -3.11. The number of carbonyl (C=O) groups is 1. The van der Waals surface area contributed by atoms with Crippen molar-refractivity contribution in [1.82, 2.24) is 4.98 Å². The summed E-state index contributed by atoms with van der Waals surface area (Å²) in [6.45, 7) is 1.92. The molecule has 1 heterocycles. The predicted molar refractivity (Wildman–Crippen MR) is 97.1 cm³/mol. The fourth-order valence-electron chi connectivity index (χ4n) is 2.25. The molecule has 0 aliphatic carbocycles. The number of fused-ring (bicyclic) bond motifs is 1. The van der Waals surface area contributed by atoms with Gasteiger partial charge in [0.05, 0.1) is 25.6 Å². The van der Waals surface area contributed by atoms with E-state index in [1.54, 1.807) is 6.07 Å². The van der Waals surface area contributed by atoms with Crippen molar-refractivity contribution < 1.29 is 14.6 Å². The van der Waals surface area contributed by atoms with E-state index in [4.69, 9.17) is 11.6 Å². The molecular weight excluding hydrogens is 384 g/mol. The quantitative estimate of drug-likeness (QED) is 0.519. The summed E-state index contributed by atoms with van der Waals surface area (Å²) in [5, 5.41) is 24.2. The predicted octanol–water partition coefficient (Wildman–Crippen LogP) is 4.33. The molecule has 1 aromatic heterocycles. The van der Waals surface area contributed by atoms with Crippen LogP contribution >= 0.6 is 22.9 Å². The number of carbonyl (C=O) groups excluding carboxylic acids is 1. The molecule has 26 heavy (non-hydrogen) atoms. The second kappa shape index (κ2) is 6.65. The number of nitro benzene ring substituents is 2. The first kappa shape index (κ1) is 17.7. The molecule has 11 heteroatoms. The lowest BCUT2D eigenvalue weighted by atomic mass is 10.1. The van der Waals surface area contributed by atoms with E-state index in [2.05, 4.69) is 10.3 Å². The molecule has 1 amide bonds. The molecule has 3 rings (SSSR count). The van der Waals surface area contributed by atoms with Crippen LogP contribution in [0.3, 0.4) is 0 Å². The maximum atomic E-state index is 12.4. The Balaban J connectivity index is 1.98. The Morgan fingerprint density at radius 2 is 1.77 bits per heavy atom. The lowest BCUT2D eigenvalue weighted by Crippen LogP contribution is -2.12. The van der Waals surface area contributed by atoms with Crippen molar-refractivity contribution in [2.24, 2.45) is 0 Å². The molecule has 0 fully saturated rings. The molecule has 3 aromatic rings. The molecule has 0 bridgehead atoms. The Bertz CT molecular complexity index is 1050. The van der Waals surface area contributed by atoms with Crippen LogP contribution in [0.4, 0.5) is 16.5 Å². The van der Waals surface area contributed by atoms with Gasteiger partial charge in [0, 0.05) is 12.1 Å². The van der Waals surface area contributed by atoms with Crippen LogP contribution in [0, 0.1) is 27.2 Å². The molecule has 2 aromatic carbocycles. The molecular formula is C15H9ClN4O5S. The number of hydrogen-bond acceptors (Lipinski definition) is 7. The van der Waals surface area contributed by atoms with Crippen molar-refractivity contribution in [2.45, 2.75) is 6.92 Å². The average molecular weight is 393 g/mol. The van der Waals surface area contributed by atoms with Gasteiger partial charge < -0.3 is 0 Å². The Labute approximate surface area is 154 Å². The number of amides is 1. The number of anilines is 1. The first-order valence-electron chi connectivity index (χ1n) is 7.07. The van der Waals surface area contributed by atoms with Crippen molar-refractivity contribution >= 4 is 55.6 Å². The van der Waals surface area contributed by atoms with Crippen LogP contribution in [-0.4, -0.2) is 20.7 Å². The van der Waals surface area contributed by atoms with Crippen LogP contribution in [0.2, 0.25) is 5.02 Å². The van der Waals surface area contributed by atoms with Gasteiger partial charge in [0.15, 0.2) is 10.2 Å². The SMILES string of the molecule is Cc1ccc2nc(NC(=O)c3cc([N+](=O)[O-])c(Cl)c([N+](=O)[O-])c3)sc2c1. The minimum atomic E-state index is -0.882. The summed E-state index contributed by atoms with van der Waals surface area (Å²) in [6, 6.07) is 7.36. The minimum absolute atomic E-state index is 0.261. The third kappa shape index (κ3) is 3.32. The van der Waals surface area contributed by atoms with E-state index in [1.807, 2.05) is 19.1 Å². The van der Waals surface area contributed by atoms with Crippen molar-refractivity contribution in [3.05, 3.63) is 66.7 Å². The van der Waals surface area contributed by atoms with Gasteiger partial charge in [0.2, 0.25) is 0 Å². The third-order valence-corrected chi connectivity index (χ3v) is 4.78. The Morgan fingerprint density at radius 1 is 1.15 bits per heavy atom. The van der Waals surface area contributed by atoms with E-state index in [-0.39, 0.29) is 10.7 Å². The highest BCUT2D eigenvalue weighted by Crippen LogP contribution is 2.35. The maximum absolute atomic E-state index is 12.4. The van der Waals surface area contributed by atoms with Crippen molar-refractivity contribution in [3.8, 4) is 0 Å². The average Bonchev–Trinajstić information content (AvgIpc) is 2.95. The normalized spacial score (nSPS) is 10.7. The number of rotatable bonds is 4. The van der Waals surface area contributed by atoms with Crippen molar-refractivity contribution in [2.75, 3.05) is 5.32 Å². The summed E-state index contributed by atoms with van der Waals surface area (Å²) in [5.74, 6) is -0.761. The molecule has 0 atom stereocenters. The standard InChI is InChI=1S/C15H9ClN4O5S/c1-7-2-3-9-12(4-7)26-15(17-9)18-14(21)8-5-10(19(22)23)13(16)11(6-8)20(24)25/h2-6H,1H3,(H,17,18,21). The largest absolute Gasteiger partial charge is 0.298 e. The number of benzene rings is 2. The van der Waals surface area contributed by atoms with Gasteiger partial charge in [-0.25, -0.2) is 4.98 Å². The van der Waals surface area contributed by atoms with E-state index in [9.17, 15) is 25.0 Å². The lowest BCUT2D eigenvalue weighted by Gasteiger charge is -2.03. The number of aryl methyl sites for hydroxylation is 1. The number of nitrogens with zero attached hydrogens (tertiary/aromatic N) is 3. The fraction of sp³-hybridized carbons (Fsp3) is 0.0667. The number of halogens is 1. The molecule has 0 unspecified atom stereocenters. The van der Waals surface area contributed by atoms with Crippen LogP contribution in [0.1, 0.15) is 15.9 Å². The highest BCUT2D eigenvalue weighted by Gasteiger charge is 2.27. The summed E-state index contributed by atoms with van der Waals surface area (Å²) in [5.41, 5.74) is 0.0204. The van der Waals surface area contributed by atoms with Gasteiger partial charge in [-0.1, -0.05) is 29.0 Å². The first-order valence-corrected chi connectivity index (χ1v) is 8.26. The second-order valence-electron chi connectivity index (χ2n) is 5.29. The van der Waals surface area contributed by atoms with E-state index >= 15 is 0 Å². The lowest BCUT2D eigenvalue weighted by molar-refractivity contribution is -0.393. The molecule has 132 valence electrons. The van der Waals surface area contributed by atoms with E-state index in [0.29, 0.717) is 5.52 Å². The maximum Gasteiger partial charge on any atom is 0.295 e. The molecule has 0 aliphatic heterocycles. The van der Waals surface area contributed by atoms with Crippen LogP contribution in [0.15, 0.2) is 30.3 Å². The van der Waals surface area contributed by atoms with Gasteiger partial charge in [0.25, 0.3) is 17.3 Å². The zero-order chi connectivity index (χ0) is 19.0. The highest BCUT2D eigenvalue weighted by molar-refractivity contribution is 7.22. The molecule has 0 saturated heterocycles. The van der Waals surface area contributed by atoms with E-state index in [1.165, 1.54) is 11.3 Å². The monoisotopic (exact) mass is 392 g/mol. The summed E-state index contributed by atoms with van der Waals surface area (Å²) in [6.07, 6.45) is 0. The van der Waals surface area contributed by atoms with E-state index in [0.717, 1.165) is 22.4 Å². The van der Waals surface area contributed by atoms with Crippen LogP contribution < -0.4 is 5.32 Å². The number of thiazole rings is 1. The Kier molecular flexibility index (Phi) is 4.53. The fourth-order valence-corrected chi connectivity index (χ4v) is 3.45. The molecule has 0 saturated carbocycles. The summed E-state index contributed by atoms with van der Waals surface area (Å²) < 4.78 is 0.855. The van der Waals surface area contributed by atoms with Crippen LogP contribution in [-0.2, 0) is 0 Å². The second-order valence-corrected chi connectivity index (χ2v) is 6.70. The van der Waals surface area contributed by atoms with Crippen LogP contribution in [0.25, 0.3) is 10.2 Å². The van der Waals surface area contributed by atoms with Gasteiger partial charge in [0.1, 0.15) is 0 Å². The topological polar surface area (TPSA) is 128 Å². The molecule has 0 radical (unpaired) electrons. The van der Waals surface area contributed by atoms with Crippen molar-refractivity contribution in [1.29, 1.82) is 0 Å². The highest BCUT2D eigenvalue weighted by atomic mass is 35.5. The molecule has 9 nitrogen and oxygen atoms in total. The zero-order valence-corrected chi connectivity index (χ0v) is 14.6. The van der Waals surface area contributed by atoms with Gasteiger partial charge >= 0.3 is 0 Å². The first-order chi connectivity index (χ1) is 12.3. The number of nitrogens with one attached hydrogen (secondary N) is 1. The Morgan fingerprint density at radius 3 is 2.35 bits per heavy atom. The summed E-state index contributed by atoms with van der Waals surface area (Å²) in [4.78, 5) is 36.9. The summed E-state index contributed by atoms with van der Waals surface area (Å²) >= 11 is 6.90. The smallest absolute Gasteiger partial charge is 0.295 e. The van der Waals surface area contributed by atoms with Gasteiger partial charge in [-0.2, -0.15) is 0 Å². The third-order valence-electron chi connectivity index (χ3n) is 3.45. The van der Waals surface area contributed by atoms with E-state index < -0.39 is 32.2 Å². The molecule has 0 spiro atoms. The van der Waals surface area contributed by atoms with Gasteiger partial charge in [-0.05, 0) is 24.6 Å². The number of aromatic nitrogens is 1. The molecule has 1 N–H and O–H groups in total. The van der Waals surface area contributed by atoms with Crippen molar-refractivity contribution in [3.63, 3.8) is 0 Å². The number of nitro groups is 2. The summed E-state index contributed by atoms with van der Waals surface area (Å²) in [7, 11) is 0. The van der Waals surface area contributed by atoms with Gasteiger partial charge in [-0.3, -0.25) is 30.3 Å². The van der Waals surface area contributed by atoms with Crippen LogP contribution in [0.5, 0.6) is 0 Å². The van der Waals surface area contributed by atoms with Gasteiger partial charge in [-0.15, -0.1) is 0 Å². The minimum Gasteiger partial charge on any atom is -0.298 e. The zero-order valence-electron chi connectivity index (χ0n) is 13.1.